The molecule has 0 aliphatic heterocycles. The lowest BCUT2D eigenvalue weighted by Crippen LogP contribution is -2.02. The summed E-state index contributed by atoms with van der Waals surface area (Å²) in [6.07, 6.45) is 0. The van der Waals surface area contributed by atoms with Gasteiger partial charge >= 0.3 is 0 Å². The van der Waals surface area contributed by atoms with E-state index < -0.39 is 0 Å². The number of anilines is 1. The first-order valence-corrected chi connectivity index (χ1v) is 5.59. The normalized spacial score (nSPS) is 10.2. The molecule has 0 saturated carbocycles. The molecule has 0 atom stereocenters. The number of hydrogen-bond acceptors (Lipinski definition) is 3. The Labute approximate surface area is 101 Å². The van der Waals surface area contributed by atoms with E-state index in [9.17, 15) is 5.11 Å². The van der Waals surface area contributed by atoms with Crippen molar-refractivity contribution in [1.29, 1.82) is 0 Å². The summed E-state index contributed by atoms with van der Waals surface area (Å²) in [5.74, 6) is 0.266. The molecular formula is C14H16N2O. The predicted molar refractivity (Wildman–Crippen MR) is 69.8 cm³/mol. The van der Waals surface area contributed by atoms with Gasteiger partial charge in [-0.3, -0.25) is 0 Å². The summed E-state index contributed by atoms with van der Waals surface area (Å²) < 4.78 is 0. The average molecular weight is 228 g/mol. The van der Waals surface area contributed by atoms with Crippen molar-refractivity contribution in [1.82, 2.24) is 0 Å². The lowest BCUT2D eigenvalue weighted by atomic mass is 10.1. The van der Waals surface area contributed by atoms with Crippen molar-refractivity contribution in [3.05, 3.63) is 59.7 Å². The number of hydrogen-bond donors (Lipinski definition) is 3. The molecular weight excluding hydrogens is 212 g/mol. The molecule has 3 nitrogen and oxygen atoms in total. The van der Waals surface area contributed by atoms with Crippen molar-refractivity contribution in [2.75, 3.05) is 5.32 Å². The SMILES string of the molecule is NCc1cccc(CNc2ccccc2O)c1. The highest BCUT2D eigenvalue weighted by molar-refractivity contribution is 5.55. The van der Waals surface area contributed by atoms with Crippen LogP contribution in [-0.2, 0) is 13.1 Å². The van der Waals surface area contributed by atoms with Gasteiger partial charge in [-0.1, -0.05) is 36.4 Å². The van der Waals surface area contributed by atoms with Crippen LogP contribution in [0.15, 0.2) is 48.5 Å². The van der Waals surface area contributed by atoms with E-state index in [1.807, 2.05) is 30.3 Å². The van der Waals surface area contributed by atoms with Gasteiger partial charge in [0.25, 0.3) is 0 Å². The summed E-state index contributed by atoms with van der Waals surface area (Å²) in [6.45, 7) is 1.22. The molecule has 0 spiro atoms. The van der Waals surface area contributed by atoms with Crippen molar-refractivity contribution >= 4 is 5.69 Å². The Morgan fingerprint density at radius 2 is 1.76 bits per heavy atom. The Bertz CT molecular complexity index is 497. The molecule has 0 aromatic heterocycles. The Morgan fingerprint density at radius 1 is 1.00 bits per heavy atom. The van der Waals surface area contributed by atoms with Crippen molar-refractivity contribution in [3.8, 4) is 5.75 Å². The maximum absolute atomic E-state index is 9.61. The molecule has 0 saturated heterocycles. The number of benzene rings is 2. The van der Waals surface area contributed by atoms with Gasteiger partial charge in [-0.25, -0.2) is 0 Å². The molecule has 0 aliphatic rings. The Balaban J connectivity index is 2.05. The monoisotopic (exact) mass is 228 g/mol. The summed E-state index contributed by atoms with van der Waals surface area (Å²) in [7, 11) is 0. The lowest BCUT2D eigenvalue weighted by molar-refractivity contribution is 0.477. The van der Waals surface area contributed by atoms with Crippen LogP contribution in [0, 0.1) is 0 Å². The number of nitrogens with one attached hydrogen (secondary N) is 1. The maximum atomic E-state index is 9.61. The van der Waals surface area contributed by atoms with Crippen LogP contribution in [0.1, 0.15) is 11.1 Å². The second kappa shape index (κ2) is 5.37. The summed E-state index contributed by atoms with van der Waals surface area (Å²) in [4.78, 5) is 0. The predicted octanol–water partition coefficient (Wildman–Crippen LogP) is 2.46. The molecule has 2 aromatic rings. The second-order valence-corrected chi connectivity index (χ2v) is 3.89. The molecule has 2 rings (SSSR count). The standard InChI is InChI=1S/C14H16N2O/c15-9-11-4-3-5-12(8-11)10-16-13-6-1-2-7-14(13)17/h1-8,16-17H,9-10,15H2. The van der Waals surface area contributed by atoms with Gasteiger partial charge in [0.1, 0.15) is 5.75 Å². The average Bonchev–Trinajstić information content (AvgIpc) is 2.38. The topological polar surface area (TPSA) is 58.3 Å². The largest absolute Gasteiger partial charge is 0.506 e. The van der Waals surface area contributed by atoms with E-state index in [0.29, 0.717) is 13.1 Å². The first-order valence-electron chi connectivity index (χ1n) is 5.59. The van der Waals surface area contributed by atoms with Crippen LogP contribution in [-0.4, -0.2) is 5.11 Å². The second-order valence-electron chi connectivity index (χ2n) is 3.89. The molecule has 88 valence electrons. The smallest absolute Gasteiger partial charge is 0.138 e. The molecule has 3 heteroatoms. The Morgan fingerprint density at radius 3 is 2.53 bits per heavy atom. The molecule has 4 N–H and O–H groups in total. The number of rotatable bonds is 4. The third kappa shape index (κ3) is 2.98. The van der Waals surface area contributed by atoms with Crippen molar-refractivity contribution in [2.24, 2.45) is 5.73 Å². The van der Waals surface area contributed by atoms with Gasteiger partial charge in [-0.15, -0.1) is 0 Å². The van der Waals surface area contributed by atoms with Crippen LogP contribution in [0.25, 0.3) is 0 Å². The first-order chi connectivity index (χ1) is 8.29. The summed E-state index contributed by atoms with van der Waals surface area (Å²) >= 11 is 0. The lowest BCUT2D eigenvalue weighted by Gasteiger charge is -2.09. The molecule has 0 amide bonds. The van der Waals surface area contributed by atoms with Gasteiger partial charge in [-0.05, 0) is 23.3 Å². The molecule has 17 heavy (non-hydrogen) atoms. The number of nitrogens with two attached hydrogens (primary N) is 1. The van der Waals surface area contributed by atoms with Gasteiger partial charge in [0.2, 0.25) is 0 Å². The Kier molecular flexibility index (Phi) is 3.62. The zero-order valence-corrected chi connectivity index (χ0v) is 9.56. The number of para-hydroxylation sites is 2. The van der Waals surface area contributed by atoms with Gasteiger partial charge in [-0.2, -0.15) is 0 Å². The molecule has 0 heterocycles. The fourth-order valence-corrected chi connectivity index (χ4v) is 1.69. The zero-order valence-electron chi connectivity index (χ0n) is 9.56. The number of phenols is 1. The molecule has 2 aromatic carbocycles. The molecule has 0 radical (unpaired) electrons. The number of aromatic hydroxyl groups is 1. The first kappa shape index (κ1) is 11.5. The van der Waals surface area contributed by atoms with Gasteiger partial charge in [0.15, 0.2) is 0 Å². The van der Waals surface area contributed by atoms with Crippen LogP contribution in [0.4, 0.5) is 5.69 Å². The van der Waals surface area contributed by atoms with Crippen LogP contribution < -0.4 is 11.1 Å². The van der Waals surface area contributed by atoms with E-state index >= 15 is 0 Å². The summed E-state index contributed by atoms with van der Waals surface area (Å²) in [6, 6.07) is 15.3. The third-order valence-electron chi connectivity index (χ3n) is 2.61. The molecule has 0 bridgehead atoms. The molecule has 0 unspecified atom stereocenters. The minimum Gasteiger partial charge on any atom is -0.506 e. The van der Waals surface area contributed by atoms with E-state index in [2.05, 4.69) is 11.4 Å². The summed E-state index contributed by atoms with van der Waals surface area (Å²) in [5, 5.41) is 12.8. The van der Waals surface area contributed by atoms with Gasteiger partial charge in [0, 0.05) is 13.1 Å². The minimum atomic E-state index is 0.266. The highest BCUT2D eigenvalue weighted by Crippen LogP contribution is 2.22. The van der Waals surface area contributed by atoms with Crippen LogP contribution in [0.2, 0.25) is 0 Å². The van der Waals surface area contributed by atoms with Crippen molar-refractivity contribution < 1.29 is 5.11 Å². The van der Waals surface area contributed by atoms with E-state index in [1.165, 1.54) is 0 Å². The van der Waals surface area contributed by atoms with Crippen LogP contribution in [0.3, 0.4) is 0 Å². The van der Waals surface area contributed by atoms with Crippen LogP contribution in [0.5, 0.6) is 5.75 Å². The zero-order chi connectivity index (χ0) is 12.1. The van der Waals surface area contributed by atoms with E-state index in [4.69, 9.17) is 5.73 Å². The maximum Gasteiger partial charge on any atom is 0.138 e. The fourth-order valence-electron chi connectivity index (χ4n) is 1.69. The third-order valence-corrected chi connectivity index (χ3v) is 2.61. The van der Waals surface area contributed by atoms with Gasteiger partial charge < -0.3 is 16.2 Å². The molecule has 0 aliphatic carbocycles. The fraction of sp³-hybridized carbons (Fsp3) is 0.143. The quantitative estimate of drug-likeness (QED) is 0.704. The van der Waals surface area contributed by atoms with E-state index in [-0.39, 0.29) is 5.75 Å². The summed E-state index contributed by atoms with van der Waals surface area (Å²) in [5.41, 5.74) is 8.59. The van der Waals surface area contributed by atoms with E-state index in [1.54, 1.807) is 12.1 Å². The van der Waals surface area contributed by atoms with Crippen molar-refractivity contribution in [3.63, 3.8) is 0 Å². The highest BCUT2D eigenvalue weighted by Gasteiger charge is 1.99. The van der Waals surface area contributed by atoms with Crippen LogP contribution >= 0.6 is 0 Å². The number of phenolic OH excluding ortho intramolecular Hbond substituents is 1. The highest BCUT2D eigenvalue weighted by atomic mass is 16.3. The molecule has 0 fully saturated rings. The van der Waals surface area contributed by atoms with E-state index in [0.717, 1.165) is 16.8 Å². The van der Waals surface area contributed by atoms with Gasteiger partial charge in [0.05, 0.1) is 5.69 Å². The Hall–Kier alpha value is -2.00. The minimum absolute atomic E-state index is 0.266. The van der Waals surface area contributed by atoms with Crippen molar-refractivity contribution in [2.45, 2.75) is 13.1 Å².